The molecule has 89 valence electrons. The van der Waals surface area contributed by atoms with Crippen LogP contribution in [0.4, 0.5) is 5.69 Å². The predicted octanol–water partition coefficient (Wildman–Crippen LogP) is 1.62. The van der Waals surface area contributed by atoms with Gasteiger partial charge >= 0.3 is 12.0 Å². The Balaban J connectivity index is 2.34. The minimum absolute atomic E-state index is 0.269. The van der Waals surface area contributed by atoms with Crippen LogP contribution in [-0.4, -0.2) is 18.6 Å². The fourth-order valence-corrected chi connectivity index (χ4v) is 1.11. The predicted molar refractivity (Wildman–Crippen MR) is 64.5 cm³/mol. The number of carbonyl (C=O) groups excluding carboxylic acids is 1. The molecule has 0 saturated heterocycles. The highest BCUT2D eigenvalue weighted by Gasteiger charge is 2.24. The Hall–Kier alpha value is -2.06. The summed E-state index contributed by atoms with van der Waals surface area (Å²) in [6.45, 7) is 10.2. The van der Waals surface area contributed by atoms with Crippen LogP contribution in [0.3, 0.4) is 0 Å². The molecule has 2 N–H and O–H groups in total. The maximum Gasteiger partial charge on any atom is 0.392 e. The van der Waals surface area contributed by atoms with Crippen LogP contribution in [0.5, 0.6) is 0 Å². The number of nitrogens with zero attached hydrogens (tertiary/aromatic N) is 1. The van der Waals surface area contributed by atoms with Crippen molar-refractivity contribution in [1.82, 2.24) is 5.43 Å². The topological polar surface area (TPSA) is 54.7 Å². The summed E-state index contributed by atoms with van der Waals surface area (Å²) in [6.07, 6.45) is 0. The zero-order valence-electron chi connectivity index (χ0n) is 9.51. The zero-order chi connectivity index (χ0) is 12.5. The lowest BCUT2D eigenvalue weighted by Gasteiger charge is -2.08. The highest BCUT2D eigenvalue weighted by atomic mass is 16.5. The second kappa shape index (κ2) is 7.25. The number of hydrogen-bond donors (Lipinski definition) is 2. The Labute approximate surface area is 101 Å². The Kier molecular flexibility index (Phi) is 5.55. The summed E-state index contributed by atoms with van der Waals surface area (Å²) in [6, 6.07) is 8.43. The van der Waals surface area contributed by atoms with Crippen LogP contribution >= 0.6 is 0 Å². The smallest absolute Gasteiger partial charge is 0.392 e. The molecule has 0 amide bonds. The van der Waals surface area contributed by atoms with E-state index in [4.69, 9.17) is 11.3 Å². The summed E-state index contributed by atoms with van der Waals surface area (Å²) in [4.78, 5) is 14.4. The number of rotatable bonds is 6. The number of para-hydroxylation sites is 1. The van der Waals surface area contributed by atoms with Gasteiger partial charge in [-0.25, -0.2) is 16.8 Å². The van der Waals surface area contributed by atoms with Gasteiger partial charge in [-0.2, -0.15) is 0 Å². The van der Waals surface area contributed by atoms with E-state index >= 15 is 0 Å². The molecule has 0 bridgehead atoms. The molecule has 1 atom stereocenters. The maximum absolute atomic E-state index is 11.3. The standard InChI is InChI=1S/C12H14N3O2/c1-3-17-12(16)11(13-2)9-14-15-10-7-5-4-6-8-10/h4-9,11,14-15H,3H2,1H3. The Morgan fingerprint density at radius 1 is 1.53 bits per heavy atom. The quantitative estimate of drug-likeness (QED) is 0.444. The lowest BCUT2D eigenvalue weighted by Crippen LogP contribution is -2.30. The molecule has 0 aliphatic heterocycles. The summed E-state index contributed by atoms with van der Waals surface area (Å²) < 4.78 is 4.75. The summed E-state index contributed by atoms with van der Waals surface area (Å²) in [5.41, 5.74) is 6.40. The van der Waals surface area contributed by atoms with Gasteiger partial charge in [0.2, 0.25) is 0 Å². The van der Waals surface area contributed by atoms with Gasteiger partial charge in [0.15, 0.2) is 0 Å². The SMILES string of the molecule is [C-]#[N+]C([CH]NNc1ccccc1)C(=O)OCC. The summed E-state index contributed by atoms with van der Waals surface area (Å²) in [5.74, 6) is -0.551. The third-order valence-electron chi connectivity index (χ3n) is 1.90. The van der Waals surface area contributed by atoms with E-state index in [1.54, 1.807) is 6.92 Å². The average Bonchev–Trinajstić information content (AvgIpc) is 2.36. The molecule has 0 heterocycles. The molecule has 0 spiro atoms. The van der Waals surface area contributed by atoms with E-state index in [2.05, 4.69) is 15.7 Å². The van der Waals surface area contributed by atoms with Gasteiger partial charge in [-0.1, -0.05) is 18.2 Å². The van der Waals surface area contributed by atoms with Crippen molar-refractivity contribution in [3.63, 3.8) is 0 Å². The van der Waals surface area contributed by atoms with E-state index in [1.165, 1.54) is 6.54 Å². The van der Waals surface area contributed by atoms with Crippen LogP contribution in [-0.2, 0) is 9.53 Å². The van der Waals surface area contributed by atoms with Gasteiger partial charge in [0.25, 0.3) is 0 Å². The first kappa shape index (κ1) is 13.0. The first-order chi connectivity index (χ1) is 8.27. The number of ether oxygens (including phenoxy) is 1. The van der Waals surface area contributed by atoms with E-state index in [-0.39, 0.29) is 6.61 Å². The second-order valence-corrected chi connectivity index (χ2v) is 3.13. The number of carbonyl (C=O) groups is 1. The first-order valence-corrected chi connectivity index (χ1v) is 5.21. The van der Waals surface area contributed by atoms with E-state index in [9.17, 15) is 4.79 Å². The molecule has 0 aliphatic carbocycles. The summed E-state index contributed by atoms with van der Waals surface area (Å²) in [7, 11) is 0. The number of esters is 1. The van der Waals surface area contributed by atoms with Crippen LogP contribution in [0.25, 0.3) is 4.85 Å². The molecule has 1 radical (unpaired) electrons. The van der Waals surface area contributed by atoms with Gasteiger partial charge in [-0.3, -0.25) is 4.85 Å². The third-order valence-corrected chi connectivity index (χ3v) is 1.90. The molecule has 0 saturated carbocycles. The van der Waals surface area contributed by atoms with Gasteiger partial charge in [0, 0.05) is 5.69 Å². The molecular formula is C12H14N3O2. The molecule has 1 rings (SSSR count). The van der Waals surface area contributed by atoms with E-state index in [0.717, 1.165) is 5.69 Å². The normalized spacial score (nSPS) is 11.3. The molecule has 17 heavy (non-hydrogen) atoms. The van der Waals surface area contributed by atoms with Crippen molar-refractivity contribution in [2.24, 2.45) is 0 Å². The van der Waals surface area contributed by atoms with Crippen LogP contribution < -0.4 is 10.9 Å². The Morgan fingerprint density at radius 2 is 2.24 bits per heavy atom. The van der Waals surface area contributed by atoms with Crippen LogP contribution in [0.2, 0.25) is 0 Å². The van der Waals surface area contributed by atoms with Crippen molar-refractivity contribution in [3.8, 4) is 0 Å². The molecule has 0 aliphatic rings. The maximum atomic E-state index is 11.3. The van der Waals surface area contributed by atoms with Crippen LogP contribution in [0, 0.1) is 13.1 Å². The zero-order valence-corrected chi connectivity index (χ0v) is 9.51. The summed E-state index contributed by atoms with van der Waals surface area (Å²) in [5, 5.41) is 0. The number of hydrogen-bond acceptors (Lipinski definition) is 4. The second-order valence-electron chi connectivity index (χ2n) is 3.13. The monoisotopic (exact) mass is 232 g/mol. The fourth-order valence-electron chi connectivity index (χ4n) is 1.11. The van der Waals surface area contributed by atoms with Gasteiger partial charge in [-0.15, -0.1) is 0 Å². The minimum Gasteiger partial charge on any atom is -0.460 e. The third kappa shape index (κ3) is 4.53. The number of hydrazine groups is 1. The van der Waals surface area contributed by atoms with E-state index in [1.807, 2.05) is 30.3 Å². The highest BCUT2D eigenvalue weighted by molar-refractivity contribution is 5.79. The van der Waals surface area contributed by atoms with Crippen LogP contribution in [0.1, 0.15) is 6.92 Å². The van der Waals surface area contributed by atoms with Gasteiger partial charge in [0.1, 0.15) is 6.54 Å². The molecule has 0 aromatic heterocycles. The van der Waals surface area contributed by atoms with Crippen molar-refractivity contribution in [2.75, 3.05) is 12.0 Å². The molecule has 1 unspecified atom stereocenters. The number of benzene rings is 1. The van der Waals surface area contributed by atoms with E-state index in [0.29, 0.717) is 0 Å². The molecule has 5 nitrogen and oxygen atoms in total. The molecular weight excluding hydrogens is 218 g/mol. The largest absolute Gasteiger partial charge is 0.460 e. The van der Waals surface area contributed by atoms with Gasteiger partial charge in [0.05, 0.1) is 6.61 Å². The number of nitrogens with one attached hydrogen (secondary N) is 2. The molecule has 1 aromatic carbocycles. The van der Waals surface area contributed by atoms with Crippen molar-refractivity contribution < 1.29 is 9.53 Å². The fraction of sp³-hybridized carbons (Fsp3) is 0.250. The van der Waals surface area contributed by atoms with E-state index < -0.39 is 12.0 Å². The summed E-state index contributed by atoms with van der Waals surface area (Å²) >= 11 is 0. The van der Waals surface area contributed by atoms with Crippen molar-refractivity contribution >= 4 is 11.7 Å². The Morgan fingerprint density at radius 3 is 2.82 bits per heavy atom. The minimum atomic E-state index is -0.939. The average molecular weight is 232 g/mol. The van der Waals surface area contributed by atoms with Crippen LogP contribution in [0.15, 0.2) is 30.3 Å². The van der Waals surface area contributed by atoms with Crippen molar-refractivity contribution in [2.45, 2.75) is 13.0 Å². The highest BCUT2D eigenvalue weighted by Crippen LogP contribution is 2.04. The molecule has 5 heteroatoms. The Bertz CT molecular complexity index is 386. The van der Waals surface area contributed by atoms with Crippen molar-refractivity contribution in [1.29, 1.82) is 0 Å². The number of anilines is 1. The molecule has 0 fully saturated rings. The van der Waals surface area contributed by atoms with Crippen molar-refractivity contribution in [3.05, 3.63) is 48.3 Å². The lowest BCUT2D eigenvalue weighted by molar-refractivity contribution is -0.142. The molecule has 1 aromatic rings. The lowest BCUT2D eigenvalue weighted by atomic mass is 10.3. The van der Waals surface area contributed by atoms with Gasteiger partial charge < -0.3 is 10.2 Å². The van der Waals surface area contributed by atoms with Gasteiger partial charge in [-0.05, 0) is 19.1 Å². The first-order valence-electron chi connectivity index (χ1n) is 5.21.